The van der Waals surface area contributed by atoms with Crippen molar-refractivity contribution in [1.82, 2.24) is 10.2 Å². The van der Waals surface area contributed by atoms with Crippen molar-refractivity contribution in [2.75, 3.05) is 5.32 Å². The number of hydrogen-bond acceptors (Lipinski definition) is 4. The molecule has 0 spiro atoms. The van der Waals surface area contributed by atoms with Crippen molar-refractivity contribution in [3.63, 3.8) is 0 Å². The number of rotatable bonds is 11. The van der Waals surface area contributed by atoms with Crippen molar-refractivity contribution < 1.29 is 19.1 Å². The fraction of sp³-hybridized carbons (Fsp3) is 0.485. The van der Waals surface area contributed by atoms with Crippen molar-refractivity contribution in [2.24, 2.45) is 5.92 Å². The first-order valence-corrected chi connectivity index (χ1v) is 14.1. The molecule has 0 aromatic heterocycles. The van der Waals surface area contributed by atoms with Crippen LogP contribution in [0.25, 0.3) is 6.08 Å². The summed E-state index contributed by atoms with van der Waals surface area (Å²) in [5.74, 6) is -0.902. The average Bonchev–Trinajstić information content (AvgIpc) is 2.89. The Labute approximate surface area is 240 Å². The van der Waals surface area contributed by atoms with Gasteiger partial charge in [-0.25, -0.2) is 4.79 Å². The van der Waals surface area contributed by atoms with E-state index in [0.29, 0.717) is 24.1 Å². The molecule has 0 bridgehead atoms. The first-order valence-electron chi connectivity index (χ1n) is 14.1. The van der Waals surface area contributed by atoms with Gasteiger partial charge in [0.05, 0.1) is 0 Å². The normalized spacial score (nSPS) is 13.9. The molecule has 0 saturated carbocycles. The molecule has 7 heteroatoms. The Bertz CT molecular complexity index is 1200. The van der Waals surface area contributed by atoms with Crippen LogP contribution in [0, 0.1) is 12.8 Å². The van der Waals surface area contributed by atoms with E-state index in [1.807, 2.05) is 90.1 Å². The Morgan fingerprint density at radius 2 is 1.68 bits per heavy atom. The van der Waals surface area contributed by atoms with Gasteiger partial charge in [0.15, 0.2) is 0 Å². The fourth-order valence-corrected chi connectivity index (χ4v) is 4.40. The van der Waals surface area contributed by atoms with Gasteiger partial charge in [0.1, 0.15) is 17.7 Å². The molecular formula is C33H47N3O4. The van der Waals surface area contributed by atoms with Crippen molar-refractivity contribution in [3.05, 3.63) is 71.8 Å². The SMILES string of the molecule is C=Cc1cccc(C(C(=O)Nc2ccccc2C)N(C(=O)C(NC(=O)OC(C)(C)C)C(C)CC)C(C)(C)CC)c1. The number of hydrogen-bond donors (Lipinski definition) is 2. The van der Waals surface area contributed by atoms with Gasteiger partial charge >= 0.3 is 6.09 Å². The van der Waals surface area contributed by atoms with Crippen LogP contribution in [0.5, 0.6) is 0 Å². The van der Waals surface area contributed by atoms with Gasteiger partial charge in [0, 0.05) is 11.2 Å². The second kappa shape index (κ2) is 13.6. The highest BCUT2D eigenvalue weighted by Crippen LogP contribution is 2.34. The maximum absolute atomic E-state index is 14.6. The minimum absolute atomic E-state index is 0.213. The number of anilines is 1. The molecule has 2 N–H and O–H groups in total. The number of benzene rings is 2. The lowest BCUT2D eigenvalue weighted by Crippen LogP contribution is -2.60. The molecule has 3 unspecified atom stereocenters. The quantitative estimate of drug-likeness (QED) is 0.308. The lowest BCUT2D eigenvalue weighted by atomic mass is 9.89. The monoisotopic (exact) mass is 549 g/mol. The summed E-state index contributed by atoms with van der Waals surface area (Å²) in [6, 6.07) is 13.1. The predicted molar refractivity (Wildman–Crippen MR) is 163 cm³/mol. The molecule has 2 aromatic carbocycles. The first-order chi connectivity index (χ1) is 18.6. The molecule has 7 nitrogen and oxygen atoms in total. The van der Waals surface area contributed by atoms with E-state index in [1.165, 1.54) is 0 Å². The smallest absolute Gasteiger partial charge is 0.408 e. The molecule has 3 amide bonds. The highest BCUT2D eigenvalue weighted by Gasteiger charge is 2.44. The lowest BCUT2D eigenvalue weighted by Gasteiger charge is -2.45. The minimum atomic E-state index is -0.978. The van der Waals surface area contributed by atoms with Crippen LogP contribution >= 0.6 is 0 Å². The average molecular weight is 550 g/mol. The molecule has 3 atom stereocenters. The number of ether oxygens (including phenoxy) is 1. The third-order valence-electron chi connectivity index (χ3n) is 7.28. The van der Waals surface area contributed by atoms with E-state index in [9.17, 15) is 14.4 Å². The van der Waals surface area contributed by atoms with E-state index in [1.54, 1.807) is 31.7 Å². The molecule has 40 heavy (non-hydrogen) atoms. The van der Waals surface area contributed by atoms with Gasteiger partial charge in [-0.1, -0.05) is 76.2 Å². The summed E-state index contributed by atoms with van der Waals surface area (Å²) in [5, 5.41) is 5.89. The van der Waals surface area contributed by atoms with E-state index >= 15 is 0 Å². The number of carbonyl (C=O) groups excluding carboxylic acids is 3. The van der Waals surface area contributed by atoms with Crippen molar-refractivity contribution in [1.29, 1.82) is 0 Å². The van der Waals surface area contributed by atoms with Gasteiger partial charge in [-0.2, -0.15) is 0 Å². The summed E-state index contributed by atoms with van der Waals surface area (Å²) >= 11 is 0. The number of alkyl carbamates (subject to hydrolysis) is 1. The third kappa shape index (κ3) is 8.44. The molecule has 0 aliphatic rings. The van der Waals surface area contributed by atoms with E-state index in [2.05, 4.69) is 17.2 Å². The number of carbonyl (C=O) groups is 3. The van der Waals surface area contributed by atoms with Gasteiger partial charge < -0.3 is 20.3 Å². The molecule has 218 valence electrons. The largest absolute Gasteiger partial charge is 0.444 e. The summed E-state index contributed by atoms with van der Waals surface area (Å²) in [6.07, 6.45) is 2.25. The summed E-state index contributed by atoms with van der Waals surface area (Å²) in [6.45, 7) is 20.9. The van der Waals surface area contributed by atoms with Crippen LogP contribution in [0.1, 0.15) is 91.0 Å². The van der Waals surface area contributed by atoms with E-state index in [-0.39, 0.29) is 17.7 Å². The molecule has 2 rings (SSSR count). The summed E-state index contributed by atoms with van der Waals surface area (Å²) < 4.78 is 5.51. The summed E-state index contributed by atoms with van der Waals surface area (Å²) in [5.41, 5.74) is 1.60. The topological polar surface area (TPSA) is 87.7 Å². The number of nitrogens with one attached hydrogen (secondary N) is 2. The molecule has 0 heterocycles. The molecule has 0 aliphatic carbocycles. The second-order valence-corrected chi connectivity index (χ2v) is 12.0. The minimum Gasteiger partial charge on any atom is -0.444 e. The van der Waals surface area contributed by atoms with Crippen LogP contribution < -0.4 is 10.6 Å². The zero-order chi connectivity index (χ0) is 30.3. The van der Waals surface area contributed by atoms with Crippen LogP contribution in [0.4, 0.5) is 10.5 Å². The Hall–Kier alpha value is -3.61. The molecule has 0 fully saturated rings. The molecule has 2 aromatic rings. The number of nitrogens with zero attached hydrogens (tertiary/aromatic N) is 1. The van der Waals surface area contributed by atoms with Crippen LogP contribution in [0.15, 0.2) is 55.1 Å². The van der Waals surface area contributed by atoms with Crippen molar-refractivity contribution in [3.8, 4) is 0 Å². The maximum atomic E-state index is 14.6. The van der Waals surface area contributed by atoms with E-state index in [0.717, 1.165) is 11.1 Å². The zero-order valence-electron chi connectivity index (χ0n) is 25.6. The van der Waals surface area contributed by atoms with Crippen LogP contribution in [-0.2, 0) is 14.3 Å². The van der Waals surface area contributed by atoms with Crippen LogP contribution in [0.3, 0.4) is 0 Å². The van der Waals surface area contributed by atoms with Crippen molar-refractivity contribution >= 4 is 29.7 Å². The van der Waals surface area contributed by atoms with Gasteiger partial charge in [0.2, 0.25) is 5.91 Å². The summed E-state index contributed by atoms with van der Waals surface area (Å²) in [4.78, 5) is 43.3. The third-order valence-corrected chi connectivity index (χ3v) is 7.28. The number of para-hydroxylation sites is 1. The predicted octanol–water partition coefficient (Wildman–Crippen LogP) is 7.27. The molecule has 0 aliphatic heterocycles. The van der Waals surface area contributed by atoms with Gasteiger partial charge in [0.25, 0.3) is 5.91 Å². The van der Waals surface area contributed by atoms with Crippen LogP contribution in [-0.4, -0.2) is 40.0 Å². The van der Waals surface area contributed by atoms with Gasteiger partial charge in [-0.3, -0.25) is 9.59 Å². The lowest BCUT2D eigenvalue weighted by molar-refractivity contribution is -0.148. The highest BCUT2D eigenvalue weighted by molar-refractivity contribution is 5.99. The summed E-state index contributed by atoms with van der Waals surface area (Å²) in [7, 11) is 0. The van der Waals surface area contributed by atoms with Gasteiger partial charge in [-0.05, 0) is 82.7 Å². The molecular weight excluding hydrogens is 502 g/mol. The molecule has 0 saturated heterocycles. The Kier molecular flexibility index (Phi) is 11.1. The number of amides is 3. The van der Waals surface area contributed by atoms with Crippen LogP contribution in [0.2, 0.25) is 0 Å². The standard InChI is InChI=1S/C33H47N3O4/c1-11-22(4)27(35-31(39)40-32(6,7)8)30(38)36(33(9,10)13-3)28(25-19-16-18-24(12-2)21-25)29(37)34-26-20-15-14-17-23(26)5/h12,14-22,27-28H,2,11,13H2,1,3-10H3,(H,34,37)(H,35,39). The maximum Gasteiger partial charge on any atom is 0.408 e. The first kappa shape index (κ1) is 32.6. The Morgan fingerprint density at radius 1 is 1.02 bits per heavy atom. The van der Waals surface area contributed by atoms with E-state index < -0.39 is 29.3 Å². The fourth-order valence-electron chi connectivity index (χ4n) is 4.40. The van der Waals surface area contributed by atoms with E-state index in [4.69, 9.17) is 4.74 Å². The Morgan fingerprint density at radius 3 is 2.23 bits per heavy atom. The van der Waals surface area contributed by atoms with Gasteiger partial charge in [-0.15, -0.1) is 0 Å². The van der Waals surface area contributed by atoms with Crippen molar-refractivity contribution in [2.45, 2.75) is 98.4 Å². The number of aryl methyl sites for hydroxylation is 1. The zero-order valence-corrected chi connectivity index (χ0v) is 25.6. The second-order valence-electron chi connectivity index (χ2n) is 12.0. The molecule has 0 radical (unpaired) electrons. The highest BCUT2D eigenvalue weighted by atomic mass is 16.6. The Balaban J connectivity index is 2.71.